The Bertz CT molecular complexity index is 1350. The number of phenols is 1. The third kappa shape index (κ3) is 3.87. The van der Waals surface area contributed by atoms with Crippen molar-refractivity contribution in [3.8, 4) is 5.75 Å². The van der Waals surface area contributed by atoms with E-state index in [0.29, 0.717) is 5.56 Å². The van der Waals surface area contributed by atoms with E-state index >= 15 is 0 Å². The minimum atomic E-state index is -2.99. The SMILES string of the molecule is CCOC(=O)CNc1ccc2c(c1O)C(=O)C1=C(O)[C@@]3(O)C(=O)C(C(N)=O)=C(O)[C@@H](N(C)C)[C@H]3[C@H](O)[C@H]1[C@@H]2C. The van der Waals surface area contributed by atoms with Crippen LogP contribution in [0, 0.1) is 11.8 Å². The van der Waals surface area contributed by atoms with Crippen molar-refractivity contribution in [3.63, 3.8) is 0 Å². The zero-order valence-corrected chi connectivity index (χ0v) is 21.8. The summed E-state index contributed by atoms with van der Waals surface area (Å²) in [5.74, 6) is -10.3. The van der Waals surface area contributed by atoms with Crippen LogP contribution in [0.25, 0.3) is 0 Å². The van der Waals surface area contributed by atoms with Crippen LogP contribution in [-0.2, 0) is 19.1 Å². The van der Waals surface area contributed by atoms with Gasteiger partial charge in [0, 0.05) is 11.5 Å². The van der Waals surface area contributed by atoms with Gasteiger partial charge in [-0.05, 0) is 38.6 Å². The van der Waals surface area contributed by atoms with Gasteiger partial charge in [0.25, 0.3) is 5.91 Å². The number of anilines is 1. The molecule has 0 spiro atoms. The van der Waals surface area contributed by atoms with Gasteiger partial charge in [0.05, 0.1) is 35.9 Å². The molecule has 1 amide bonds. The highest BCUT2D eigenvalue weighted by Gasteiger charge is 2.67. The number of fused-ring (bicyclic) bond motifs is 3. The van der Waals surface area contributed by atoms with Crippen molar-refractivity contribution in [2.75, 3.05) is 32.6 Å². The van der Waals surface area contributed by atoms with Gasteiger partial charge in [-0.2, -0.15) is 0 Å². The van der Waals surface area contributed by atoms with Crippen molar-refractivity contribution < 1.29 is 49.4 Å². The summed E-state index contributed by atoms with van der Waals surface area (Å²) in [4.78, 5) is 52.4. The number of hydrogen-bond donors (Lipinski definition) is 7. The van der Waals surface area contributed by atoms with Gasteiger partial charge in [0.1, 0.15) is 29.4 Å². The zero-order chi connectivity index (χ0) is 29.1. The lowest BCUT2D eigenvalue weighted by Crippen LogP contribution is -2.68. The number of aliphatic hydroxyl groups is 4. The highest BCUT2D eigenvalue weighted by molar-refractivity contribution is 6.25. The molecule has 0 saturated carbocycles. The van der Waals surface area contributed by atoms with Gasteiger partial charge in [-0.3, -0.25) is 24.1 Å². The van der Waals surface area contributed by atoms with E-state index in [4.69, 9.17) is 10.5 Å². The Morgan fingerprint density at radius 3 is 2.38 bits per heavy atom. The minimum absolute atomic E-state index is 0.0131. The number of nitrogens with two attached hydrogens (primary N) is 1. The highest BCUT2D eigenvalue weighted by atomic mass is 16.5. The van der Waals surface area contributed by atoms with Crippen molar-refractivity contribution in [1.29, 1.82) is 0 Å². The summed E-state index contributed by atoms with van der Waals surface area (Å²) in [6.45, 7) is 3.09. The average molecular weight is 546 g/mol. The van der Waals surface area contributed by atoms with E-state index in [9.17, 15) is 44.7 Å². The fourth-order valence-electron chi connectivity index (χ4n) is 6.14. The Morgan fingerprint density at radius 1 is 1.18 bits per heavy atom. The van der Waals surface area contributed by atoms with E-state index in [1.54, 1.807) is 13.8 Å². The van der Waals surface area contributed by atoms with Crippen LogP contribution in [0.2, 0.25) is 0 Å². The quantitative estimate of drug-likeness (QED) is 0.138. The van der Waals surface area contributed by atoms with Gasteiger partial charge in [-0.15, -0.1) is 0 Å². The summed E-state index contributed by atoms with van der Waals surface area (Å²) in [5, 5.41) is 59.1. The molecule has 6 atom stereocenters. The molecule has 0 bridgehead atoms. The highest BCUT2D eigenvalue weighted by Crippen LogP contribution is 2.55. The van der Waals surface area contributed by atoms with Crippen LogP contribution in [0.3, 0.4) is 0 Å². The van der Waals surface area contributed by atoms with E-state index in [1.165, 1.54) is 31.1 Å². The molecule has 0 aromatic heterocycles. The Labute approximate surface area is 223 Å². The molecule has 0 radical (unpaired) electrons. The number of phenolic OH excluding ortho intramolecular Hbond substituents is 1. The molecule has 0 heterocycles. The number of rotatable bonds is 6. The second-order valence-corrected chi connectivity index (χ2v) is 10.1. The average Bonchev–Trinajstić information content (AvgIpc) is 2.85. The molecule has 3 aliphatic carbocycles. The number of carbonyl (C=O) groups is 4. The third-order valence-corrected chi connectivity index (χ3v) is 7.86. The largest absolute Gasteiger partial charge is 0.510 e. The molecule has 8 N–H and O–H groups in total. The number of esters is 1. The fourth-order valence-corrected chi connectivity index (χ4v) is 6.14. The molecule has 3 aliphatic rings. The molecule has 13 heteroatoms. The molecule has 210 valence electrons. The first-order chi connectivity index (χ1) is 18.2. The number of aromatic hydroxyl groups is 1. The number of likely N-dealkylation sites (N-methyl/N-ethyl adjacent to an activating group) is 1. The standard InChI is InChI=1S/C26H31N3O10/c1-5-39-12(30)8-28-11-7-6-10-9(2)13-15(20(32)14(10)19(11)31)23(35)26(38)17(21(13)33)18(29(3)4)22(34)16(24(26)36)25(27)37/h6-7,9,13,17-18,21,28,31,33-35,38H,5,8H2,1-4H3,(H2,27,37)/t9-,13+,17+,18+,21-,26-/m1/s1. The Hall–Kier alpha value is -3.94. The predicted octanol–water partition coefficient (Wildman–Crippen LogP) is -0.373. The predicted molar refractivity (Wildman–Crippen MR) is 135 cm³/mol. The first-order valence-corrected chi connectivity index (χ1v) is 12.3. The lowest BCUT2D eigenvalue weighted by molar-refractivity contribution is -0.162. The molecule has 39 heavy (non-hydrogen) atoms. The maximum Gasteiger partial charge on any atom is 0.325 e. The first kappa shape index (κ1) is 28.1. The second-order valence-electron chi connectivity index (χ2n) is 10.1. The van der Waals surface area contributed by atoms with Crippen LogP contribution in [-0.4, -0.2) is 98.9 Å². The van der Waals surface area contributed by atoms with Crippen molar-refractivity contribution >= 4 is 29.1 Å². The third-order valence-electron chi connectivity index (χ3n) is 7.86. The maximum atomic E-state index is 13.8. The van der Waals surface area contributed by atoms with Gasteiger partial charge in [-0.25, -0.2) is 0 Å². The summed E-state index contributed by atoms with van der Waals surface area (Å²) < 4.78 is 4.84. The number of ketones is 2. The van der Waals surface area contributed by atoms with Crippen LogP contribution in [0.1, 0.15) is 35.7 Å². The molecular formula is C26H31N3O10. The summed E-state index contributed by atoms with van der Waals surface area (Å²) in [6.07, 6.45) is -1.68. The zero-order valence-electron chi connectivity index (χ0n) is 21.8. The van der Waals surface area contributed by atoms with Crippen LogP contribution < -0.4 is 11.1 Å². The van der Waals surface area contributed by atoms with Crippen molar-refractivity contribution in [1.82, 2.24) is 4.90 Å². The number of benzene rings is 1. The monoisotopic (exact) mass is 545 g/mol. The van der Waals surface area contributed by atoms with Gasteiger partial charge < -0.3 is 41.3 Å². The van der Waals surface area contributed by atoms with E-state index < -0.39 is 87.4 Å². The van der Waals surface area contributed by atoms with Gasteiger partial charge in [0.15, 0.2) is 11.4 Å². The van der Waals surface area contributed by atoms with Crippen LogP contribution in [0.5, 0.6) is 5.75 Å². The van der Waals surface area contributed by atoms with E-state index in [0.717, 1.165) is 0 Å². The Balaban J connectivity index is 1.91. The molecular weight excluding hydrogens is 514 g/mol. The number of Topliss-reactive ketones (excluding diaryl/α,β-unsaturated/α-hetero) is 2. The topological polar surface area (TPSA) is 220 Å². The Kier molecular flexibility index (Phi) is 6.96. The van der Waals surface area contributed by atoms with E-state index in [-0.39, 0.29) is 24.4 Å². The summed E-state index contributed by atoms with van der Waals surface area (Å²) in [7, 11) is 2.93. The number of primary amides is 1. The number of nitrogens with zero attached hydrogens (tertiary/aromatic N) is 1. The molecule has 1 aromatic carbocycles. The number of ether oxygens (including phenoxy) is 1. The van der Waals surface area contributed by atoms with Gasteiger partial charge in [0.2, 0.25) is 5.78 Å². The van der Waals surface area contributed by atoms with Gasteiger partial charge >= 0.3 is 5.97 Å². The summed E-state index contributed by atoms with van der Waals surface area (Å²) in [5.41, 5.74) is 0.910. The normalized spacial score (nSPS) is 30.1. The second kappa shape index (κ2) is 9.67. The lowest BCUT2D eigenvalue weighted by atomic mass is 9.55. The number of aliphatic hydroxyl groups excluding tert-OH is 3. The molecule has 0 aliphatic heterocycles. The number of carbonyl (C=O) groups excluding carboxylic acids is 4. The smallest absolute Gasteiger partial charge is 0.325 e. The molecule has 1 aromatic rings. The van der Waals surface area contributed by atoms with E-state index in [2.05, 4.69) is 5.32 Å². The summed E-state index contributed by atoms with van der Waals surface area (Å²) >= 11 is 0. The van der Waals surface area contributed by atoms with Crippen LogP contribution in [0.15, 0.2) is 34.8 Å². The minimum Gasteiger partial charge on any atom is -0.510 e. The number of nitrogens with one attached hydrogen (secondary N) is 1. The Morgan fingerprint density at radius 2 is 1.82 bits per heavy atom. The lowest BCUT2D eigenvalue weighted by Gasteiger charge is -2.53. The fraction of sp³-hybridized carbons (Fsp3) is 0.462. The van der Waals surface area contributed by atoms with Crippen molar-refractivity contribution in [3.05, 3.63) is 45.9 Å². The molecule has 0 saturated heterocycles. The van der Waals surface area contributed by atoms with Crippen LogP contribution >= 0.6 is 0 Å². The molecule has 0 fully saturated rings. The molecule has 4 rings (SSSR count). The van der Waals surface area contributed by atoms with E-state index in [1.807, 2.05) is 0 Å². The number of amides is 1. The summed E-state index contributed by atoms with van der Waals surface area (Å²) in [6, 6.07) is 1.63. The molecule has 0 unspecified atom stereocenters. The van der Waals surface area contributed by atoms with Gasteiger partial charge in [-0.1, -0.05) is 13.0 Å². The van der Waals surface area contributed by atoms with Crippen LogP contribution in [0.4, 0.5) is 5.69 Å². The van der Waals surface area contributed by atoms with Crippen molar-refractivity contribution in [2.45, 2.75) is 37.5 Å². The maximum absolute atomic E-state index is 13.8. The number of hydrogen-bond acceptors (Lipinski definition) is 12. The van der Waals surface area contributed by atoms with Crippen molar-refractivity contribution in [2.24, 2.45) is 17.6 Å². The molecule has 13 nitrogen and oxygen atoms in total. The first-order valence-electron chi connectivity index (χ1n) is 12.3.